The molecule has 0 aliphatic carbocycles. The molecular weight excluding hydrogens is 524 g/mol. The molecule has 1 atom stereocenters. The van der Waals surface area contributed by atoms with Crippen LogP contribution in [0.5, 0.6) is 0 Å². The zero-order valence-corrected chi connectivity index (χ0v) is 23.1. The van der Waals surface area contributed by atoms with Gasteiger partial charge in [0.05, 0.1) is 18.3 Å². The Kier molecular flexibility index (Phi) is 9.77. The quantitative estimate of drug-likeness (QED) is 0.174. The molecular formula is C31H32N4O4S. The number of esters is 1. The molecule has 0 aliphatic heterocycles. The van der Waals surface area contributed by atoms with E-state index in [1.54, 1.807) is 37.3 Å². The van der Waals surface area contributed by atoms with Crippen LogP contribution < -0.4 is 10.0 Å². The van der Waals surface area contributed by atoms with Crippen molar-refractivity contribution in [1.82, 2.24) is 14.7 Å². The number of ether oxygens (including phenoxy) is 1. The van der Waals surface area contributed by atoms with E-state index in [1.807, 2.05) is 36.4 Å². The molecule has 2 heterocycles. The lowest BCUT2D eigenvalue weighted by atomic mass is 9.98. The highest BCUT2D eigenvalue weighted by Gasteiger charge is 2.24. The normalized spacial score (nSPS) is 11.9. The van der Waals surface area contributed by atoms with E-state index in [-0.39, 0.29) is 18.2 Å². The van der Waals surface area contributed by atoms with Gasteiger partial charge >= 0.3 is 5.97 Å². The number of hydrogen-bond donors (Lipinski definition) is 2. The summed E-state index contributed by atoms with van der Waals surface area (Å²) in [5.41, 5.74) is 4.76. The maximum Gasteiger partial charge on any atom is 0.325 e. The van der Waals surface area contributed by atoms with E-state index in [1.165, 1.54) is 17.8 Å². The molecule has 0 radical (unpaired) electrons. The molecule has 8 nitrogen and oxygen atoms in total. The highest BCUT2D eigenvalue weighted by atomic mass is 32.2. The molecule has 0 saturated carbocycles. The second-order valence-electron chi connectivity index (χ2n) is 9.04. The van der Waals surface area contributed by atoms with Gasteiger partial charge in [-0.05, 0) is 66.3 Å². The number of nitrogens with one attached hydrogen (secondary N) is 2. The van der Waals surface area contributed by atoms with Crippen LogP contribution >= 0.6 is 0 Å². The summed E-state index contributed by atoms with van der Waals surface area (Å²) in [7, 11) is -3.94. The maximum atomic E-state index is 13.2. The monoisotopic (exact) mass is 556 g/mol. The van der Waals surface area contributed by atoms with Crippen LogP contribution in [0.15, 0.2) is 109 Å². The third-order valence-corrected chi connectivity index (χ3v) is 7.48. The first-order valence-corrected chi connectivity index (χ1v) is 14.4. The van der Waals surface area contributed by atoms with Crippen LogP contribution in [0.25, 0.3) is 11.1 Å². The fourth-order valence-corrected chi connectivity index (χ4v) is 5.35. The first-order chi connectivity index (χ1) is 19.4. The predicted molar refractivity (Wildman–Crippen MR) is 156 cm³/mol. The van der Waals surface area contributed by atoms with E-state index in [9.17, 15) is 13.2 Å². The van der Waals surface area contributed by atoms with Crippen LogP contribution in [0.3, 0.4) is 0 Å². The van der Waals surface area contributed by atoms with Gasteiger partial charge in [-0.3, -0.25) is 4.79 Å². The van der Waals surface area contributed by atoms with Crippen molar-refractivity contribution in [1.29, 1.82) is 0 Å². The zero-order valence-electron chi connectivity index (χ0n) is 22.3. The van der Waals surface area contributed by atoms with Gasteiger partial charge in [-0.1, -0.05) is 66.7 Å². The molecule has 4 aromatic rings. The van der Waals surface area contributed by atoms with Crippen LogP contribution in [-0.2, 0) is 32.4 Å². The first-order valence-electron chi connectivity index (χ1n) is 13.0. The molecule has 0 aliphatic rings. The van der Waals surface area contributed by atoms with Crippen molar-refractivity contribution in [2.24, 2.45) is 0 Å². The first kappa shape index (κ1) is 28.7. The largest absolute Gasteiger partial charge is 0.465 e. The minimum atomic E-state index is -3.94. The molecule has 1 unspecified atom stereocenters. The summed E-state index contributed by atoms with van der Waals surface area (Å²) in [6.07, 6.45) is 4.45. The molecule has 4 rings (SSSR count). The van der Waals surface area contributed by atoms with Crippen molar-refractivity contribution in [3.8, 4) is 11.1 Å². The number of sulfonamides is 1. The smallest absolute Gasteiger partial charge is 0.325 e. The van der Waals surface area contributed by atoms with Crippen molar-refractivity contribution in [3.63, 3.8) is 0 Å². The van der Waals surface area contributed by atoms with Crippen molar-refractivity contribution in [3.05, 3.63) is 121 Å². The minimum absolute atomic E-state index is 0.0515. The van der Waals surface area contributed by atoms with Gasteiger partial charge in [0.1, 0.15) is 12.4 Å². The average molecular weight is 557 g/mol. The lowest BCUT2D eigenvalue weighted by Crippen LogP contribution is -2.31. The van der Waals surface area contributed by atoms with E-state index in [4.69, 9.17) is 4.74 Å². The lowest BCUT2D eigenvalue weighted by Gasteiger charge is -2.19. The summed E-state index contributed by atoms with van der Waals surface area (Å²) in [6, 6.07) is 25.6. The van der Waals surface area contributed by atoms with Gasteiger partial charge in [-0.2, -0.15) is 0 Å². The Hall–Kier alpha value is -4.34. The second-order valence-corrected chi connectivity index (χ2v) is 10.7. The molecule has 206 valence electrons. The molecule has 0 saturated heterocycles. The predicted octanol–water partition coefficient (Wildman–Crippen LogP) is 5.11. The number of aromatic nitrogens is 2. The summed E-state index contributed by atoms with van der Waals surface area (Å²) >= 11 is 0. The van der Waals surface area contributed by atoms with Gasteiger partial charge in [0.2, 0.25) is 0 Å². The Morgan fingerprint density at radius 2 is 1.77 bits per heavy atom. The standard InChI is InChI=1S/C31H32N4O4S/c1-3-9-23-10-7-11-26(20-23)25-17-15-24(16-18-25)21-28(35-40(37,38)30-14-5-6-19-32-30)27-12-8-13-29(34-27)33-22-31(36)39-4-2/h3,5-8,10-20,28,35H,1,4,9,21-22H2,2H3,(H,33,34). The number of rotatable bonds is 13. The number of benzene rings is 2. The summed E-state index contributed by atoms with van der Waals surface area (Å²) in [5, 5.41) is 2.86. The fourth-order valence-electron chi connectivity index (χ4n) is 4.19. The van der Waals surface area contributed by atoms with Crippen LogP contribution in [0.2, 0.25) is 0 Å². The number of hydrogen-bond acceptors (Lipinski definition) is 7. The van der Waals surface area contributed by atoms with E-state index < -0.39 is 22.0 Å². The average Bonchev–Trinajstić information content (AvgIpc) is 2.97. The van der Waals surface area contributed by atoms with E-state index in [0.717, 1.165) is 23.1 Å². The molecule has 2 N–H and O–H groups in total. The Bertz CT molecular complexity index is 1540. The van der Waals surface area contributed by atoms with Crippen LogP contribution in [0.1, 0.15) is 29.8 Å². The van der Waals surface area contributed by atoms with Gasteiger partial charge < -0.3 is 10.1 Å². The number of nitrogens with zero attached hydrogens (tertiary/aromatic N) is 2. The summed E-state index contributed by atoms with van der Waals surface area (Å²) in [6.45, 7) is 5.78. The highest BCUT2D eigenvalue weighted by Crippen LogP contribution is 2.25. The van der Waals surface area contributed by atoms with E-state index in [2.05, 4.69) is 44.8 Å². The van der Waals surface area contributed by atoms with Crippen molar-refractivity contribution in [2.75, 3.05) is 18.5 Å². The number of pyridine rings is 2. The molecule has 40 heavy (non-hydrogen) atoms. The maximum absolute atomic E-state index is 13.2. The van der Waals surface area contributed by atoms with E-state index in [0.29, 0.717) is 17.9 Å². The number of carbonyl (C=O) groups is 1. The molecule has 0 fully saturated rings. The molecule has 0 amide bonds. The Balaban J connectivity index is 1.60. The molecule has 2 aromatic carbocycles. The number of anilines is 1. The third kappa shape index (κ3) is 7.84. The van der Waals surface area contributed by atoms with Gasteiger partial charge in [0, 0.05) is 6.20 Å². The van der Waals surface area contributed by atoms with Gasteiger partial charge in [-0.25, -0.2) is 23.1 Å². The highest BCUT2D eigenvalue weighted by molar-refractivity contribution is 7.89. The van der Waals surface area contributed by atoms with Crippen molar-refractivity contribution in [2.45, 2.75) is 30.8 Å². The van der Waals surface area contributed by atoms with Gasteiger partial charge in [-0.15, -0.1) is 6.58 Å². The second kappa shape index (κ2) is 13.6. The fraction of sp³-hybridized carbons (Fsp3) is 0.194. The van der Waals surface area contributed by atoms with Crippen LogP contribution in [-0.4, -0.2) is 37.5 Å². The third-order valence-electron chi connectivity index (χ3n) is 6.09. The Morgan fingerprint density at radius 1 is 0.975 bits per heavy atom. The number of carbonyl (C=O) groups excluding carboxylic acids is 1. The van der Waals surface area contributed by atoms with Crippen molar-refractivity contribution < 1.29 is 17.9 Å². The Morgan fingerprint density at radius 3 is 2.50 bits per heavy atom. The van der Waals surface area contributed by atoms with E-state index >= 15 is 0 Å². The van der Waals surface area contributed by atoms with Crippen molar-refractivity contribution >= 4 is 21.8 Å². The molecule has 2 aromatic heterocycles. The molecule has 9 heteroatoms. The SMILES string of the molecule is C=CCc1cccc(-c2ccc(CC(NS(=O)(=O)c3ccccn3)c3cccc(NCC(=O)OCC)n3)cc2)c1. The number of allylic oxidation sites excluding steroid dienone is 1. The van der Waals surface area contributed by atoms with Gasteiger partial charge in [0.25, 0.3) is 10.0 Å². The topological polar surface area (TPSA) is 110 Å². The summed E-state index contributed by atoms with van der Waals surface area (Å²) < 4.78 is 34.2. The summed E-state index contributed by atoms with van der Waals surface area (Å²) in [4.78, 5) is 20.4. The minimum Gasteiger partial charge on any atom is -0.465 e. The zero-order chi connectivity index (χ0) is 28.4. The molecule has 0 bridgehead atoms. The molecule has 0 spiro atoms. The lowest BCUT2D eigenvalue weighted by molar-refractivity contribution is -0.140. The van der Waals surface area contributed by atoms with Crippen LogP contribution in [0, 0.1) is 0 Å². The summed E-state index contributed by atoms with van der Waals surface area (Å²) in [5.74, 6) is 0.0274. The Labute approximate surface area is 235 Å². The van der Waals surface area contributed by atoms with Gasteiger partial charge in [0.15, 0.2) is 5.03 Å². The van der Waals surface area contributed by atoms with Crippen LogP contribution in [0.4, 0.5) is 5.82 Å².